The van der Waals surface area contributed by atoms with E-state index in [1.807, 2.05) is 60.7 Å². The van der Waals surface area contributed by atoms with E-state index in [4.69, 9.17) is 15.2 Å². The topological polar surface area (TPSA) is 98.9 Å². The molecule has 182 valence electrons. The van der Waals surface area contributed by atoms with Gasteiger partial charge in [-0.2, -0.15) is 0 Å². The lowest BCUT2D eigenvalue weighted by Gasteiger charge is -2.54. The molecule has 1 fully saturated rings. The Labute approximate surface area is 212 Å². The Morgan fingerprint density at radius 3 is 2.00 bits per heavy atom. The van der Waals surface area contributed by atoms with E-state index < -0.39 is 29.1 Å². The van der Waals surface area contributed by atoms with Crippen LogP contribution in [0.5, 0.6) is 0 Å². The number of methoxy groups -OCH3 is 1. The van der Waals surface area contributed by atoms with Gasteiger partial charge in [-0.15, -0.1) is 11.8 Å². The number of benzene rings is 3. The maximum Gasteiger partial charge on any atom is 0.356 e. The van der Waals surface area contributed by atoms with Gasteiger partial charge in [0.2, 0.25) is 5.72 Å². The zero-order valence-electron chi connectivity index (χ0n) is 19.5. The lowest BCUT2D eigenvalue weighted by molar-refractivity contribution is -0.183. The number of hydrogen-bond donors (Lipinski definition) is 1. The normalized spacial score (nSPS) is 21.1. The first-order valence-electron chi connectivity index (χ1n) is 11.4. The number of esters is 1. The van der Waals surface area contributed by atoms with Crippen molar-refractivity contribution in [3.63, 3.8) is 0 Å². The Hall–Kier alpha value is -3.72. The highest BCUT2D eigenvalue weighted by atomic mass is 32.2. The molecule has 0 spiro atoms. The number of carbonyl (C=O) groups is 3. The molecule has 2 heterocycles. The second-order valence-electron chi connectivity index (χ2n) is 8.46. The fourth-order valence-corrected chi connectivity index (χ4v) is 5.80. The van der Waals surface area contributed by atoms with E-state index >= 15 is 0 Å². The highest BCUT2D eigenvalue weighted by molar-refractivity contribution is 8.00. The number of fused-ring (bicyclic) bond motifs is 1. The van der Waals surface area contributed by atoms with Crippen LogP contribution in [0, 0.1) is 0 Å². The summed E-state index contributed by atoms with van der Waals surface area (Å²) in [5.74, 6) is -1.53. The number of ketones is 1. The molecule has 8 heteroatoms. The highest BCUT2D eigenvalue weighted by Crippen LogP contribution is 2.46. The molecule has 7 nitrogen and oxygen atoms in total. The Morgan fingerprint density at radius 2 is 1.47 bits per heavy atom. The Morgan fingerprint density at radius 1 is 0.944 bits per heavy atom. The number of β-lactam (4-membered cyclic amide) rings is 1. The minimum atomic E-state index is -1.57. The number of hydrogen-bond acceptors (Lipinski definition) is 7. The molecule has 1 unspecified atom stereocenters. The maximum atomic E-state index is 13.8. The van der Waals surface area contributed by atoms with Crippen molar-refractivity contribution in [3.8, 4) is 0 Å². The molecule has 2 aliphatic heterocycles. The number of Topliss-reactive ketones (excluding diaryl/α,β-unsaturated/α-hetero) is 1. The standard InChI is InChI=1S/C28H24N2O5S/c1-34-28(29)26(33)30-22(21(17-36-27(28)30)23(31)18-11-5-2-6-12-18)25(32)35-24(19-13-7-3-8-14-19)20-15-9-4-10-16-20/h2-16,24,27H,17,29H2,1H3/t27-,28?/m1/s1. The van der Waals surface area contributed by atoms with E-state index in [0.717, 1.165) is 11.1 Å². The van der Waals surface area contributed by atoms with Crippen molar-refractivity contribution in [1.82, 2.24) is 4.90 Å². The molecule has 0 radical (unpaired) electrons. The molecule has 3 aromatic rings. The van der Waals surface area contributed by atoms with Crippen molar-refractivity contribution in [2.45, 2.75) is 17.2 Å². The lowest BCUT2D eigenvalue weighted by Crippen LogP contribution is -2.78. The monoisotopic (exact) mass is 500 g/mol. The molecule has 0 aliphatic carbocycles. The van der Waals surface area contributed by atoms with Gasteiger partial charge in [0, 0.05) is 24.0 Å². The van der Waals surface area contributed by atoms with Crippen molar-refractivity contribution < 1.29 is 23.9 Å². The van der Waals surface area contributed by atoms with Gasteiger partial charge >= 0.3 is 5.97 Å². The zero-order valence-corrected chi connectivity index (χ0v) is 20.3. The number of nitrogens with two attached hydrogens (primary N) is 1. The van der Waals surface area contributed by atoms with Gasteiger partial charge in [0.25, 0.3) is 5.91 Å². The number of thioether (sulfide) groups is 1. The van der Waals surface area contributed by atoms with E-state index in [9.17, 15) is 14.4 Å². The third-order valence-corrected chi connectivity index (χ3v) is 7.67. The van der Waals surface area contributed by atoms with Crippen LogP contribution in [0.25, 0.3) is 0 Å². The summed E-state index contributed by atoms with van der Waals surface area (Å²) in [5.41, 5.74) is 6.65. The number of rotatable bonds is 7. The molecule has 36 heavy (non-hydrogen) atoms. The Balaban J connectivity index is 1.57. The molecule has 2 atom stereocenters. The van der Waals surface area contributed by atoms with Gasteiger partial charge in [-0.1, -0.05) is 91.0 Å². The largest absolute Gasteiger partial charge is 0.448 e. The molecule has 2 N–H and O–H groups in total. The van der Waals surface area contributed by atoms with Gasteiger partial charge in [-0.3, -0.25) is 20.2 Å². The third-order valence-electron chi connectivity index (χ3n) is 6.34. The van der Waals surface area contributed by atoms with Gasteiger partial charge in [-0.05, 0) is 11.1 Å². The lowest BCUT2D eigenvalue weighted by atomic mass is 9.96. The molecular formula is C28H24N2O5S. The van der Waals surface area contributed by atoms with Crippen LogP contribution in [0.15, 0.2) is 102 Å². The molecule has 0 aromatic heterocycles. The van der Waals surface area contributed by atoms with Crippen LogP contribution in [0.4, 0.5) is 0 Å². The molecule has 3 aromatic carbocycles. The van der Waals surface area contributed by atoms with Crippen molar-refractivity contribution in [1.29, 1.82) is 0 Å². The van der Waals surface area contributed by atoms with Crippen LogP contribution in [0.3, 0.4) is 0 Å². The number of nitrogens with zero attached hydrogens (tertiary/aromatic N) is 1. The van der Waals surface area contributed by atoms with Gasteiger partial charge in [-0.25, -0.2) is 4.79 Å². The van der Waals surface area contributed by atoms with Crippen LogP contribution in [0.1, 0.15) is 27.6 Å². The quantitative estimate of drug-likeness (QED) is 0.229. The second kappa shape index (κ2) is 9.73. The summed E-state index contributed by atoms with van der Waals surface area (Å²) >= 11 is 1.28. The van der Waals surface area contributed by atoms with Gasteiger partial charge < -0.3 is 9.47 Å². The van der Waals surface area contributed by atoms with Gasteiger partial charge in [0.1, 0.15) is 11.1 Å². The van der Waals surface area contributed by atoms with Crippen molar-refractivity contribution in [2.24, 2.45) is 5.73 Å². The van der Waals surface area contributed by atoms with E-state index in [-0.39, 0.29) is 22.8 Å². The predicted molar refractivity (Wildman–Crippen MR) is 136 cm³/mol. The molecule has 0 saturated carbocycles. The Bertz CT molecular complexity index is 1290. The number of amides is 1. The second-order valence-corrected chi connectivity index (χ2v) is 9.53. The van der Waals surface area contributed by atoms with Gasteiger partial charge in [0.05, 0.1) is 0 Å². The predicted octanol–water partition coefficient (Wildman–Crippen LogP) is 3.67. The fraction of sp³-hybridized carbons (Fsp3) is 0.179. The van der Waals surface area contributed by atoms with Crippen LogP contribution >= 0.6 is 11.8 Å². The van der Waals surface area contributed by atoms with Gasteiger partial charge in [0.15, 0.2) is 11.9 Å². The summed E-state index contributed by atoms with van der Waals surface area (Å²) in [6.07, 6.45) is -0.741. The van der Waals surface area contributed by atoms with E-state index in [1.54, 1.807) is 30.3 Å². The maximum absolute atomic E-state index is 13.8. The minimum Gasteiger partial charge on any atom is -0.448 e. The summed E-state index contributed by atoms with van der Waals surface area (Å²) in [6, 6.07) is 27.3. The summed E-state index contributed by atoms with van der Waals surface area (Å²) in [4.78, 5) is 41.6. The first-order valence-corrected chi connectivity index (χ1v) is 12.4. The molecule has 1 amide bonds. The third kappa shape index (κ3) is 4.03. The van der Waals surface area contributed by atoms with E-state index in [1.165, 1.54) is 23.8 Å². The minimum absolute atomic E-state index is 0.0902. The van der Waals surface area contributed by atoms with Crippen LogP contribution in [-0.2, 0) is 19.1 Å². The Kier molecular flexibility index (Phi) is 6.49. The highest BCUT2D eigenvalue weighted by Gasteiger charge is 2.64. The molecule has 1 saturated heterocycles. The van der Waals surface area contributed by atoms with E-state index in [0.29, 0.717) is 5.56 Å². The van der Waals surface area contributed by atoms with E-state index in [2.05, 4.69) is 0 Å². The van der Waals surface area contributed by atoms with Crippen LogP contribution < -0.4 is 5.73 Å². The van der Waals surface area contributed by atoms with Crippen LogP contribution in [0.2, 0.25) is 0 Å². The number of carbonyl (C=O) groups excluding carboxylic acids is 3. The van der Waals surface area contributed by atoms with Crippen LogP contribution in [-0.4, -0.2) is 46.5 Å². The first kappa shape index (κ1) is 24.0. The number of ether oxygens (including phenoxy) is 2. The van der Waals surface area contributed by atoms with Crippen molar-refractivity contribution in [2.75, 3.05) is 12.9 Å². The molecule has 5 rings (SSSR count). The zero-order chi connectivity index (χ0) is 25.3. The summed E-state index contributed by atoms with van der Waals surface area (Å²) in [5, 5.41) is -0.656. The first-order chi connectivity index (χ1) is 17.5. The fourth-order valence-electron chi connectivity index (χ4n) is 4.41. The summed E-state index contributed by atoms with van der Waals surface area (Å²) < 4.78 is 11.3. The van der Waals surface area contributed by atoms with Crippen molar-refractivity contribution in [3.05, 3.63) is 119 Å². The SMILES string of the molecule is COC1(N)C(=O)N2C(C(=O)OC(c3ccccc3)c3ccccc3)=C(C(=O)c3ccccc3)CS[C@@H]21. The molecular weight excluding hydrogens is 476 g/mol. The summed E-state index contributed by atoms with van der Waals surface area (Å²) in [6.45, 7) is 0. The summed E-state index contributed by atoms with van der Waals surface area (Å²) in [7, 11) is 1.35. The molecule has 0 bridgehead atoms. The van der Waals surface area contributed by atoms with Crippen molar-refractivity contribution >= 4 is 29.4 Å². The average molecular weight is 501 g/mol. The molecule has 2 aliphatic rings. The average Bonchev–Trinajstić information content (AvgIpc) is 2.95. The smallest absolute Gasteiger partial charge is 0.356 e.